The largest absolute Gasteiger partial charge is 0.418 e. The summed E-state index contributed by atoms with van der Waals surface area (Å²) in [4.78, 5) is 29.6. The fourth-order valence-corrected chi connectivity index (χ4v) is 7.55. The summed E-state index contributed by atoms with van der Waals surface area (Å²) in [5, 5.41) is 2.42. The molecule has 34 heavy (non-hydrogen) atoms. The van der Waals surface area contributed by atoms with Crippen molar-refractivity contribution in [3.8, 4) is 0 Å². The highest BCUT2D eigenvalue weighted by Crippen LogP contribution is 2.61. The Kier molecular flexibility index (Phi) is 6.38. The maximum absolute atomic E-state index is 13.3. The van der Waals surface area contributed by atoms with Crippen LogP contribution in [0.25, 0.3) is 0 Å². The minimum atomic E-state index is -4.52. The van der Waals surface area contributed by atoms with Crippen molar-refractivity contribution >= 4 is 17.5 Å². The van der Waals surface area contributed by atoms with E-state index in [4.69, 9.17) is 0 Å². The molecule has 0 aromatic heterocycles. The van der Waals surface area contributed by atoms with Crippen LogP contribution in [0.2, 0.25) is 0 Å². The lowest BCUT2D eigenvalue weighted by atomic mass is 9.49. The van der Waals surface area contributed by atoms with Gasteiger partial charge < -0.3 is 10.2 Å². The first-order valence-corrected chi connectivity index (χ1v) is 12.7. The molecule has 1 aliphatic heterocycles. The molecule has 4 aliphatic carbocycles. The Hall–Kier alpha value is -2.09. The van der Waals surface area contributed by atoms with Crippen LogP contribution in [0.3, 0.4) is 0 Å². The number of carbonyl (C=O) groups is 2. The van der Waals surface area contributed by atoms with Crippen molar-refractivity contribution in [1.29, 1.82) is 0 Å². The highest BCUT2D eigenvalue weighted by atomic mass is 19.4. The molecule has 0 spiro atoms. The number of nitrogens with zero attached hydrogens (tertiary/aromatic N) is 2. The Balaban J connectivity index is 1.13. The lowest BCUT2D eigenvalue weighted by Crippen LogP contribution is -2.48. The molecule has 5 aliphatic rings. The maximum atomic E-state index is 13.3. The van der Waals surface area contributed by atoms with Crippen molar-refractivity contribution in [3.05, 3.63) is 29.8 Å². The van der Waals surface area contributed by atoms with Crippen LogP contribution in [0.5, 0.6) is 0 Å². The third-order valence-electron chi connectivity index (χ3n) is 8.51. The molecule has 4 bridgehead atoms. The molecule has 2 amide bonds. The van der Waals surface area contributed by atoms with Gasteiger partial charge in [0.2, 0.25) is 11.8 Å². The maximum Gasteiger partial charge on any atom is 0.418 e. The molecule has 0 radical (unpaired) electrons. The number of carbonyl (C=O) groups excluding carboxylic acids is 2. The van der Waals surface area contributed by atoms with Gasteiger partial charge in [-0.25, -0.2) is 0 Å². The first kappa shape index (κ1) is 23.6. The average molecular weight is 478 g/mol. The van der Waals surface area contributed by atoms with E-state index in [1.165, 1.54) is 56.7 Å². The molecule has 0 atom stereocenters. The monoisotopic (exact) mass is 477 g/mol. The van der Waals surface area contributed by atoms with E-state index in [0.29, 0.717) is 32.6 Å². The number of alkyl halides is 3. The normalized spacial score (nSPS) is 31.4. The first-order chi connectivity index (χ1) is 16.2. The Morgan fingerprint density at radius 2 is 1.59 bits per heavy atom. The van der Waals surface area contributed by atoms with E-state index >= 15 is 0 Å². The number of anilines is 1. The van der Waals surface area contributed by atoms with E-state index in [2.05, 4.69) is 5.32 Å². The summed E-state index contributed by atoms with van der Waals surface area (Å²) >= 11 is 0. The Bertz CT molecular complexity index is 897. The number of hydrogen-bond donors (Lipinski definition) is 1. The van der Waals surface area contributed by atoms with E-state index in [1.807, 2.05) is 9.80 Å². The third-order valence-corrected chi connectivity index (χ3v) is 8.51. The Morgan fingerprint density at radius 1 is 0.941 bits per heavy atom. The predicted octanol–water partition coefficient (Wildman–Crippen LogP) is 4.78. The van der Waals surface area contributed by atoms with Gasteiger partial charge in [-0.3, -0.25) is 14.5 Å². The van der Waals surface area contributed by atoms with Crippen molar-refractivity contribution in [2.75, 3.05) is 38.0 Å². The molecule has 5 nitrogen and oxygen atoms in total. The molecule has 186 valence electrons. The van der Waals surface area contributed by atoms with Crippen LogP contribution < -0.4 is 5.32 Å². The zero-order valence-electron chi connectivity index (χ0n) is 19.6. The van der Waals surface area contributed by atoms with Gasteiger partial charge in [0.05, 0.1) is 17.8 Å². The second kappa shape index (κ2) is 9.17. The Labute approximate surface area is 199 Å². The second-order valence-electron chi connectivity index (χ2n) is 11.2. The quantitative estimate of drug-likeness (QED) is 0.664. The summed E-state index contributed by atoms with van der Waals surface area (Å²) in [6.45, 7) is 2.47. The molecule has 1 aromatic rings. The number of amides is 2. The van der Waals surface area contributed by atoms with Crippen molar-refractivity contribution in [3.63, 3.8) is 0 Å². The molecule has 6 rings (SSSR count). The summed E-state index contributed by atoms with van der Waals surface area (Å²) in [5.74, 6) is 2.23. The third kappa shape index (κ3) is 5.11. The molecular weight excluding hydrogens is 443 g/mol. The van der Waals surface area contributed by atoms with Crippen LogP contribution >= 0.6 is 0 Å². The number of halogens is 3. The molecule has 1 heterocycles. The van der Waals surface area contributed by atoms with E-state index < -0.39 is 17.6 Å². The topological polar surface area (TPSA) is 52.7 Å². The van der Waals surface area contributed by atoms with Crippen molar-refractivity contribution in [2.45, 2.75) is 57.5 Å². The molecule has 5 fully saturated rings. The summed E-state index contributed by atoms with van der Waals surface area (Å²) in [6.07, 6.45) is 4.62. The number of nitrogens with one attached hydrogen (secondary N) is 1. The lowest BCUT2D eigenvalue weighted by molar-refractivity contribution is -0.139. The minimum absolute atomic E-state index is 0.0171. The fraction of sp³-hybridized carbons (Fsp3) is 0.692. The van der Waals surface area contributed by atoms with Gasteiger partial charge in [-0.2, -0.15) is 13.2 Å². The summed E-state index contributed by atoms with van der Waals surface area (Å²) in [6, 6.07) is 5.02. The summed E-state index contributed by atoms with van der Waals surface area (Å²) in [7, 11) is 0. The van der Waals surface area contributed by atoms with E-state index in [9.17, 15) is 22.8 Å². The van der Waals surface area contributed by atoms with Crippen molar-refractivity contribution in [1.82, 2.24) is 9.80 Å². The van der Waals surface area contributed by atoms with E-state index in [0.717, 1.165) is 30.2 Å². The summed E-state index contributed by atoms with van der Waals surface area (Å²) in [5.41, 5.74) is -0.855. The van der Waals surface area contributed by atoms with Gasteiger partial charge in [-0.1, -0.05) is 12.1 Å². The smallest absolute Gasteiger partial charge is 0.341 e. The summed E-state index contributed by atoms with van der Waals surface area (Å²) < 4.78 is 39.6. The predicted molar refractivity (Wildman–Crippen MR) is 123 cm³/mol. The van der Waals surface area contributed by atoms with Gasteiger partial charge in [-0.15, -0.1) is 0 Å². The van der Waals surface area contributed by atoms with Gasteiger partial charge in [0.25, 0.3) is 0 Å². The van der Waals surface area contributed by atoms with Gasteiger partial charge in [-0.05, 0) is 80.2 Å². The first-order valence-electron chi connectivity index (χ1n) is 12.7. The highest BCUT2D eigenvalue weighted by molar-refractivity contribution is 5.93. The fourth-order valence-electron chi connectivity index (χ4n) is 7.55. The van der Waals surface area contributed by atoms with Crippen molar-refractivity contribution in [2.24, 2.45) is 23.2 Å². The zero-order chi connectivity index (χ0) is 23.9. The van der Waals surface area contributed by atoms with Gasteiger partial charge in [0.1, 0.15) is 0 Å². The molecule has 8 heteroatoms. The number of benzene rings is 1. The molecule has 0 unspecified atom stereocenters. The highest BCUT2D eigenvalue weighted by Gasteiger charge is 2.51. The second-order valence-corrected chi connectivity index (χ2v) is 11.2. The van der Waals surface area contributed by atoms with Crippen molar-refractivity contribution < 1.29 is 22.8 Å². The number of rotatable bonds is 5. The van der Waals surface area contributed by atoms with Crippen LogP contribution in [0.15, 0.2) is 24.3 Å². The minimum Gasteiger partial charge on any atom is -0.341 e. The van der Waals surface area contributed by atoms with E-state index in [1.54, 1.807) is 0 Å². The van der Waals surface area contributed by atoms with Crippen LogP contribution in [0.4, 0.5) is 18.9 Å². The number of para-hydroxylation sites is 1. The van der Waals surface area contributed by atoms with Crippen LogP contribution in [0.1, 0.15) is 56.9 Å². The molecule has 1 saturated heterocycles. The molecule has 4 saturated carbocycles. The van der Waals surface area contributed by atoms with Crippen LogP contribution in [0, 0.1) is 23.2 Å². The molecule has 1 N–H and O–H groups in total. The van der Waals surface area contributed by atoms with Crippen LogP contribution in [-0.2, 0) is 15.8 Å². The molecular formula is C26H34F3N3O2. The lowest BCUT2D eigenvalue weighted by Gasteiger charge is -2.57. The van der Waals surface area contributed by atoms with Gasteiger partial charge >= 0.3 is 6.18 Å². The van der Waals surface area contributed by atoms with Gasteiger partial charge in [0, 0.05) is 32.6 Å². The van der Waals surface area contributed by atoms with Gasteiger partial charge in [0.15, 0.2) is 0 Å². The standard InChI is InChI=1S/C26H34F3N3O2/c27-26(28,29)21-4-1-2-5-22(21)30-23(33)17-31-6-3-7-32(9-8-31)24(34)16-25-13-18-10-19(14-25)12-20(11-18)15-25/h1-2,4-5,18-20H,3,6-17H2,(H,30,33). The zero-order valence-corrected chi connectivity index (χ0v) is 19.6. The van der Waals surface area contributed by atoms with E-state index in [-0.39, 0.29) is 23.6 Å². The van der Waals surface area contributed by atoms with Crippen LogP contribution in [-0.4, -0.2) is 54.3 Å². The number of hydrogen-bond acceptors (Lipinski definition) is 3. The SMILES string of the molecule is O=C(CN1CCCN(C(=O)CC23CC4CC(CC(C4)C2)C3)CC1)Nc1ccccc1C(F)(F)F. The molecule has 1 aromatic carbocycles. The Morgan fingerprint density at radius 3 is 2.24 bits per heavy atom. The average Bonchev–Trinajstić information content (AvgIpc) is 2.97.